The summed E-state index contributed by atoms with van der Waals surface area (Å²) in [6.07, 6.45) is 2.64. The highest BCUT2D eigenvalue weighted by Crippen LogP contribution is 2.27. The van der Waals surface area contributed by atoms with Crippen molar-refractivity contribution in [2.75, 3.05) is 32.6 Å². The van der Waals surface area contributed by atoms with E-state index < -0.39 is 0 Å². The summed E-state index contributed by atoms with van der Waals surface area (Å²) in [6.45, 7) is 0.491. The van der Waals surface area contributed by atoms with Crippen molar-refractivity contribution in [3.05, 3.63) is 23.8 Å². The number of amides is 3. The van der Waals surface area contributed by atoms with Gasteiger partial charge in [-0.15, -0.1) is 0 Å². The summed E-state index contributed by atoms with van der Waals surface area (Å²) < 4.78 is 5.63. The molecule has 0 spiro atoms. The standard InChI is InChI=1S/C18H23N3O4/c1-20(2)18(24)15-4-3-9-21(15)17(23)11-25-13-6-7-14-12(10-13)5-8-16(22)19-14/h6-7,10,15H,3-5,8-9,11H2,1-2H3,(H,19,22)/t15-/m1/s1. The van der Waals surface area contributed by atoms with Crippen LogP contribution < -0.4 is 10.1 Å². The molecule has 7 heteroatoms. The van der Waals surface area contributed by atoms with Gasteiger partial charge in [0.1, 0.15) is 11.8 Å². The Kier molecular flexibility index (Phi) is 4.92. The third kappa shape index (κ3) is 3.75. The minimum Gasteiger partial charge on any atom is -0.484 e. The second-order valence-electron chi connectivity index (χ2n) is 6.63. The van der Waals surface area contributed by atoms with Crippen molar-refractivity contribution < 1.29 is 19.1 Å². The molecule has 0 aliphatic carbocycles. The van der Waals surface area contributed by atoms with E-state index in [4.69, 9.17) is 4.74 Å². The third-order valence-corrected chi connectivity index (χ3v) is 4.63. The number of likely N-dealkylation sites (tertiary alicyclic amines) is 1. The number of carbonyl (C=O) groups is 3. The highest BCUT2D eigenvalue weighted by atomic mass is 16.5. The van der Waals surface area contributed by atoms with Gasteiger partial charge in [-0.25, -0.2) is 0 Å². The molecule has 0 bridgehead atoms. The van der Waals surface area contributed by atoms with Crippen molar-refractivity contribution >= 4 is 23.4 Å². The maximum atomic E-state index is 12.5. The summed E-state index contributed by atoms with van der Waals surface area (Å²) in [5.41, 5.74) is 1.80. The molecule has 1 N–H and O–H groups in total. The molecule has 0 aromatic heterocycles. The number of ether oxygens (including phenoxy) is 1. The molecule has 134 valence electrons. The Bertz CT molecular complexity index is 702. The zero-order chi connectivity index (χ0) is 18.0. The van der Waals surface area contributed by atoms with Crippen molar-refractivity contribution in [3.8, 4) is 5.75 Å². The van der Waals surface area contributed by atoms with Gasteiger partial charge in [-0.3, -0.25) is 14.4 Å². The zero-order valence-electron chi connectivity index (χ0n) is 14.6. The van der Waals surface area contributed by atoms with Crippen LogP contribution in [0.1, 0.15) is 24.8 Å². The predicted molar refractivity (Wildman–Crippen MR) is 92.3 cm³/mol. The van der Waals surface area contributed by atoms with Gasteiger partial charge in [0.25, 0.3) is 5.91 Å². The van der Waals surface area contributed by atoms with Crippen molar-refractivity contribution in [2.45, 2.75) is 31.7 Å². The van der Waals surface area contributed by atoms with E-state index in [-0.39, 0.29) is 30.4 Å². The first-order valence-electron chi connectivity index (χ1n) is 8.52. The number of likely N-dealkylation sites (N-methyl/N-ethyl adjacent to an activating group) is 1. The number of aryl methyl sites for hydroxylation is 1. The number of rotatable bonds is 4. The largest absolute Gasteiger partial charge is 0.484 e. The summed E-state index contributed by atoms with van der Waals surface area (Å²) in [5.74, 6) is 0.388. The molecule has 1 saturated heterocycles. The fourth-order valence-corrected chi connectivity index (χ4v) is 3.30. The molecule has 1 aromatic rings. The number of nitrogens with one attached hydrogen (secondary N) is 1. The second kappa shape index (κ2) is 7.13. The van der Waals surface area contributed by atoms with Gasteiger partial charge in [-0.05, 0) is 43.0 Å². The Morgan fingerprint density at radius 1 is 1.32 bits per heavy atom. The van der Waals surface area contributed by atoms with Crippen LogP contribution in [0.4, 0.5) is 5.69 Å². The van der Waals surface area contributed by atoms with Crippen LogP contribution >= 0.6 is 0 Å². The van der Waals surface area contributed by atoms with Gasteiger partial charge in [0.2, 0.25) is 11.8 Å². The fourth-order valence-electron chi connectivity index (χ4n) is 3.30. The molecule has 0 saturated carbocycles. The molecule has 1 fully saturated rings. The zero-order valence-corrected chi connectivity index (χ0v) is 14.6. The van der Waals surface area contributed by atoms with Crippen LogP contribution in [0.3, 0.4) is 0 Å². The van der Waals surface area contributed by atoms with E-state index in [1.165, 1.54) is 4.90 Å². The summed E-state index contributed by atoms with van der Waals surface area (Å²) in [4.78, 5) is 39.2. The van der Waals surface area contributed by atoms with Crippen molar-refractivity contribution in [2.24, 2.45) is 0 Å². The van der Waals surface area contributed by atoms with E-state index in [9.17, 15) is 14.4 Å². The van der Waals surface area contributed by atoms with Gasteiger partial charge in [0, 0.05) is 32.7 Å². The number of nitrogens with zero attached hydrogens (tertiary/aromatic N) is 2. The average Bonchev–Trinajstić information content (AvgIpc) is 3.08. The number of hydrogen-bond acceptors (Lipinski definition) is 4. The first kappa shape index (κ1) is 17.3. The summed E-state index contributed by atoms with van der Waals surface area (Å²) in [5, 5.41) is 2.81. The lowest BCUT2D eigenvalue weighted by atomic mass is 10.0. The predicted octanol–water partition coefficient (Wildman–Crippen LogP) is 1.03. The normalized spacial score (nSPS) is 19.2. The highest BCUT2D eigenvalue weighted by Gasteiger charge is 2.34. The molecule has 2 aliphatic heterocycles. The minimum atomic E-state index is -0.384. The van der Waals surface area contributed by atoms with Crippen LogP contribution in [0.5, 0.6) is 5.75 Å². The second-order valence-corrected chi connectivity index (χ2v) is 6.63. The maximum absolute atomic E-state index is 12.5. The lowest BCUT2D eigenvalue weighted by Gasteiger charge is -2.26. The first-order valence-corrected chi connectivity index (χ1v) is 8.52. The molecule has 3 amide bonds. The minimum absolute atomic E-state index is 0.0157. The van der Waals surface area contributed by atoms with Gasteiger partial charge in [0.15, 0.2) is 6.61 Å². The molecule has 25 heavy (non-hydrogen) atoms. The smallest absolute Gasteiger partial charge is 0.261 e. The molecule has 2 aliphatic rings. The van der Waals surface area contributed by atoms with Crippen molar-refractivity contribution in [3.63, 3.8) is 0 Å². The average molecular weight is 345 g/mol. The van der Waals surface area contributed by atoms with Gasteiger partial charge in [0.05, 0.1) is 0 Å². The number of anilines is 1. The molecule has 7 nitrogen and oxygen atoms in total. The molecule has 0 unspecified atom stereocenters. The molecule has 0 radical (unpaired) electrons. The van der Waals surface area contributed by atoms with E-state index in [0.29, 0.717) is 31.6 Å². The summed E-state index contributed by atoms with van der Waals surface area (Å²) >= 11 is 0. The number of hydrogen-bond donors (Lipinski definition) is 1. The van der Waals surface area contributed by atoms with Gasteiger partial charge < -0.3 is 19.9 Å². The maximum Gasteiger partial charge on any atom is 0.261 e. The van der Waals surface area contributed by atoms with Crippen LogP contribution in [-0.4, -0.2) is 60.8 Å². The lowest BCUT2D eigenvalue weighted by molar-refractivity contribution is -0.143. The van der Waals surface area contributed by atoms with E-state index >= 15 is 0 Å². The Morgan fingerprint density at radius 3 is 2.88 bits per heavy atom. The van der Waals surface area contributed by atoms with E-state index in [0.717, 1.165) is 17.7 Å². The van der Waals surface area contributed by atoms with Crippen LogP contribution in [0.15, 0.2) is 18.2 Å². The molecule has 3 rings (SSSR count). The number of fused-ring (bicyclic) bond motifs is 1. The molecule has 2 heterocycles. The first-order chi connectivity index (χ1) is 12.0. The van der Waals surface area contributed by atoms with Crippen LogP contribution in [-0.2, 0) is 20.8 Å². The number of benzene rings is 1. The SMILES string of the molecule is CN(C)C(=O)[C@H]1CCCN1C(=O)COc1ccc2c(c1)CCC(=O)N2. The molecular weight excluding hydrogens is 322 g/mol. The van der Waals surface area contributed by atoms with Crippen LogP contribution in [0.2, 0.25) is 0 Å². The molecular formula is C18H23N3O4. The lowest BCUT2D eigenvalue weighted by Crippen LogP contribution is -2.46. The van der Waals surface area contributed by atoms with Crippen molar-refractivity contribution in [1.82, 2.24) is 9.80 Å². The van der Waals surface area contributed by atoms with Crippen LogP contribution in [0, 0.1) is 0 Å². The Morgan fingerprint density at radius 2 is 2.12 bits per heavy atom. The summed E-state index contributed by atoms with van der Waals surface area (Å²) in [6, 6.07) is 5.00. The quantitative estimate of drug-likeness (QED) is 0.884. The van der Waals surface area contributed by atoms with E-state index in [1.807, 2.05) is 6.07 Å². The Balaban J connectivity index is 1.61. The van der Waals surface area contributed by atoms with Crippen molar-refractivity contribution in [1.29, 1.82) is 0 Å². The van der Waals surface area contributed by atoms with E-state index in [2.05, 4.69) is 5.32 Å². The Labute approximate surface area is 146 Å². The van der Waals surface area contributed by atoms with Gasteiger partial charge in [-0.1, -0.05) is 0 Å². The van der Waals surface area contributed by atoms with Gasteiger partial charge in [-0.2, -0.15) is 0 Å². The topological polar surface area (TPSA) is 79.0 Å². The monoisotopic (exact) mass is 345 g/mol. The summed E-state index contributed by atoms with van der Waals surface area (Å²) in [7, 11) is 3.40. The van der Waals surface area contributed by atoms with Crippen LogP contribution in [0.25, 0.3) is 0 Å². The molecule has 1 atom stereocenters. The number of carbonyl (C=O) groups excluding carboxylic acids is 3. The highest BCUT2D eigenvalue weighted by molar-refractivity contribution is 5.94. The van der Waals surface area contributed by atoms with E-state index in [1.54, 1.807) is 31.1 Å². The van der Waals surface area contributed by atoms with Gasteiger partial charge >= 0.3 is 0 Å². The molecule has 1 aromatic carbocycles. The fraction of sp³-hybridized carbons (Fsp3) is 0.500. The third-order valence-electron chi connectivity index (χ3n) is 4.63. The Hall–Kier alpha value is -2.57.